The minimum Gasteiger partial charge on any atom is -0.391 e. The van der Waals surface area contributed by atoms with Crippen molar-refractivity contribution in [2.24, 2.45) is 5.41 Å². The number of aromatic nitrogens is 2. The van der Waals surface area contributed by atoms with Crippen LogP contribution >= 0.6 is 11.3 Å². The van der Waals surface area contributed by atoms with Crippen molar-refractivity contribution in [2.75, 3.05) is 57.6 Å². The SMILES string of the molecule is C=C(NCc1ccc(-c2scnc2C)cc1)[C@@H]1C[C@@H](O)CN1C(=O)[C@@H](NC(=O)COCCOCCCc1ccc(-c2cc(C(=O)NCc3c(C)cc(C)[nH]c3=O)c(C)c(N(CC)C3CCOCC3)c2)cc1)C(C)(C)C. The Balaban J connectivity index is 0.868. The van der Waals surface area contributed by atoms with E-state index < -0.39 is 29.5 Å². The highest BCUT2D eigenvalue weighted by atomic mass is 32.1. The van der Waals surface area contributed by atoms with Crippen LogP contribution in [0.5, 0.6) is 0 Å². The summed E-state index contributed by atoms with van der Waals surface area (Å²) in [6.07, 6.45) is 3.03. The predicted molar refractivity (Wildman–Crippen MR) is 297 cm³/mol. The number of aryl methyl sites for hydroxylation is 4. The summed E-state index contributed by atoms with van der Waals surface area (Å²) in [6, 6.07) is 21.7. The molecule has 0 saturated carbocycles. The average molecular weight is 1040 g/mol. The summed E-state index contributed by atoms with van der Waals surface area (Å²) in [5.41, 5.74) is 12.6. The fraction of sp³-hybridized carbons (Fsp3) is 0.475. The van der Waals surface area contributed by atoms with Crippen molar-refractivity contribution < 1.29 is 33.7 Å². The summed E-state index contributed by atoms with van der Waals surface area (Å²) in [6.45, 7) is 23.6. The van der Waals surface area contributed by atoms with Crippen LogP contribution in [0.15, 0.2) is 89.3 Å². The summed E-state index contributed by atoms with van der Waals surface area (Å²) in [7, 11) is 0. The maximum atomic E-state index is 14.2. The topological polar surface area (TPSA) is 187 Å². The summed E-state index contributed by atoms with van der Waals surface area (Å²) in [5, 5.41) is 20.1. The Bertz CT molecular complexity index is 2810. The number of rotatable bonds is 23. The lowest BCUT2D eigenvalue weighted by atomic mass is 9.85. The molecule has 0 radical (unpaired) electrons. The molecule has 3 atom stereocenters. The predicted octanol–water partition coefficient (Wildman–Crippen LogP) is 8.10. The standard InChI is InChI=1S/C59H77N7O8S/c1-10-65(47-21-24-73-25-22-47)51-30-46(29-49(39(51)4)56(69)61-33-50-37(2)28-38(3)63-57(50)70)44-17-13-42(14-18-44)12-11-23-72-26-27-74-35-53(68)64-55(59(7,8)9)58(71)66-34-48(67)31-52(66)40(5)60-32-43-15-19-45(20-16-43)54-41(6)62-36-75-54/h13-20,28-30,36,47-48,52,55,60,67H,5,10-12,21-27,31-35H2,1-4,6-9H3,(H,61,69)(H,63,70)(H,64,68)/t48-,52+,55-/m1/s1. The number of aliphatic hydroxyl groups excluding tert-OH is 1. The maximum absolute atomic E-state index is 14.2. The number of nitrogens with one attached hydrogen (secondary N) is 4. The van der Waals surface area contributed by atoms with E-state index in [2.05, 4.69) is 98.9 Å². The molecule has 0 unspecified atom stereocenters. The van der Waals surface area contributed by atoms with Gasteiger partial charge in [-0.3, -0.25) is 19.2 Å². The lowest BCUT2D eigenvalue weighted by Crippen LogP contribution is -2.57. The second kappa shape index (κ2) is 26.1. The third-order valence-corrected chi connectivity index (χ3v) is 15.3. The van der Waals surface area contributed by atoms with E-state index in [0.717, 1.165) is 93.1 Å². The number of hydrogen-bond donors (Lipinski definition) is 5. The molecule has 4 heterocycles. The van der Waals surface area contributed by atoms with Crippen LogP contribution in [0.1, 0.15) is 103 Å². The number of nitrogens with zero attached hydrogens (tertiary/aromatic N) is 3. The molecule has 7 rings (SSSR count). The quantitative estimate of drug-likeness (QED) is 0.0398. The third kappa shape index (κ3) is 14.8. The van der Waals surface area contributed by atoms with Crippen LogP contribution in [0.3, 0.4) is 0 Å². The second-order valence-corrected chi connectivity index (χ2v) is 21.8. The van der Waals surface area contributed by atoms with E-state index in [0.29, 0.717) is 62.3 Å². The summed E-state index contributed by atoms with van der Waals surface area (Å²) >= 11 is 1.61. The first-order valence-corrected chi connectivity index (χ1v) is 27.2. The van der Waals surface area contributed by atoms with Gasteiger partial charge in [0, 0.05) is 86.7 Å². The van der Waals surface area contributed by atoms with Crippen molar-refractivity contribution in [1.82, 2.24) is 30.8 Å². The van der Waals surface area contributed by atoms with Crippen LogP contribution in [0.4, 0.5) is 5.69 Å². The molecular formula is C59H77N7O8S. The van der Waals surface area contributed by atoms with Crippen LogP contribution in [0.2, 0.25) is 0 Å². The smallest absolute Gasteiger partial charge is 0.253 e. The molecule has 5 aromatic rings. The molecule has 402 valence electrons. The second-order valence-electron chi connectivity index (χ2n) is 21.0. The molecule has 2 fully saturated rings. The molecule has 16 heteroatoms. The van der Waals surface area contributed by atoms with Gasteiger partial charge in [0.15, 0.2) is 0 Å². The number of thiazole rings is 1. The number of amides is 3. The zero-order valence-electron chi connectivity index (χ0n) is 45.1. The fourth-order valence-electron chi connectivity index (χ4n) is 10.1. The number of β-amino-alcohol motifs (C(OH)–C–C–N with tert-alkyl or cyclic N) is 1. The van der Waals surface area contributed by atoms with Gasteiger partial charge in [-0.1, -0.05) is 75.9 Å². The molecule has 75 heavy (non-hydrogen) atoms. The number of hydrogen-bond acceptors (Lipinski definition) is 12. The number of H-pyrrole nitrogens is 1. The monoisotopic (exact) mass is 1040 g/mol. The Kier molecular flexibility index (Phi) is 19.6. The molecule has 0 bridgehead atoms. The maximum Gasteiger partial charge on any atom is 0.253 e. The molecule has 2 aromatic heterocycles. The number of ether oxygens (including phenoxy) is 3. The minimum atomic E-state index is -0.859. The van der Waals surface area contributed by atoms with Crippen LogP contribution in [0.25, 0.3) is 21.6 Å². The van der Waals surface area contributed by atoms with Gasteiger partial charge in [-0.2, -0.15) is 0 Å². The number of pyridine rings is 1. The number of anilines is 1. The van der Waals surface area contributed by atoms with Gasteiger partial charge in [-0.15, -0.1) is 11.3 Å². The van der Waals surface area contributed by atoms with Crippen molar-refractivity contribution in [1.29, 1.82) is 0 Å². The first kappa shape index (κ1) is 56.6. The minimum absolute atomic E-state index is 0.123. The van der Waals surface area contributed by atoms with Crippen LogP contribution in [0, 0.1) is 33.1 Å². The highest BCUT2D eigenvalue weighted by molar-refractivity contribution is 7.13. The van der Waals surface area contributed by atoms with Gasteiger partial charge in [0.1, 0.15) is 12.6 Å². The Labute approximate surface area is 446 Å². The number of carbonyl (C=O) groups is 3. The lowest BCUT2D eigenvalue weighted by molar-refractivity contribution is -0.141. The van der Waals surface area contributed by atoms with Crippen molar-refractivity contribution >= 4 is 34.7 Å². The Morgan fingerprint density at radius 2 is 1.61 bits per heavy atom. The summed E-state index contributed by atoms with van der Waals surface area (Å²) < 4.78 is 17.3. The first-order chi connectivity index (χ1) is 35.9. The van der Waals surface area contributed by atoms with Crippen LogP contribution in [-0.4, -0.2) is 115 Å². The van der Waals surface area contributed by atoms with E-state index in [1.807, 2.05) is 66.1 Å². The fourth-order valence-corrected chi connectivity index (χ4v) is 10.9. The highest BCUT2D eigenvalue weighted by Gasteiger charge is 2.43. The van der Waals surface area contributed by atoms with Gasteiger partial charge in [-0.05, 0) is 123 Å². The van der Waals surface area contributed by atoms with Crippen molar-refractivity contribution in [3.05, 3.63) is 140 Å². The Hall–Kier alpha value is -6.17. The molecule has 0 aliphatic carbocycles. The molecular weight excluding hydrogens is 967 g/mol. The number of aliphatic hydroxyl groups is 1. The summed E-state index contributed by atoms with van der Waals surface area (Å²) in [5.74, 6) is -0.923. The molecule has 5 N–H and O–H groups in total. The lowest BCUT2D eigenvalue weighted by Gasteiger charge is -2.37. The average Bonchev–Trinajstić information content (AvgIpc) is 4.01. The third-order valence-electron chi connectivity index (χ3n) is 14.3. The molecule has 15 nitrogen and oxygen atoms in total. The van der Waals surface area contributed by atoms with Crippen LogP contribution in [-0.2, 0) is 43.3 Å². The van der Waals surface area contributed by atoms with Crippen molar-refractivity contribution in [2.45, 2.75) is 125 Å². The van der Waals surface area contributed by atoms with E-state index in [4.69, 9.17) is 14.2 Å². The van der Waals surface area contributed by atoms with Gasteiger partial charge < -0.3 is 50.1 Å². The van der Waals surface area contributed by atoms with Gasteiger partial charge >= 0.3 is 0 Å². The molecule has 2 aliphatic rings. The zero-order valence-corrected chi connectivity index (χ0v) is 45.9. The molecule has 0 spiro atoms. The number of aromatic amines is 1. The normalized spacial score (nSPS) is 16.4. The van der Waals surface area contributed by atoms with Crippen LogP contribution < -0.4 is 26.4 Å². The highest BCUT2D eigenvalue weighted by Crippen LogP contribution is 2.35. The van der Waals surface area contributed by atoms with Gasteiger partial charge in [-0.25, -0.2) is 4.98 Å². The Morgan fingerprint density at radius 1 is 0.920 bits per heavy atom. The van der Waals surface area contributed by atoms with E-state index in [1.165, 1.54) is 0 Å². The van der Waals surface area contributed by atoms with Crippen molar-refractivity contribution in [3.8, 4) is 21.6 Å². The van der Waals surface area contributed by atoms with E-state index >= 15 is 0 Å². The number of benzene rings is 3. The molecule has 2 saturated heterocycles. The van der Waals surface area contributed by atoms with Gasteiger partial charge in [0.05, 0.1) is 41.4 Å². The molecule has 2 aliphatic heterocycles. The Morgan fingerprint density at radius 3 is 2.28 bits per heavy atom. The van der Waals surface area contributed by atoms with E-state index in [9.17, 15) is 24.3 Å². The molecule has 3 aromatic carbocycles. The van der Waals surface area contributed by atoms with E-state index in [-0.39, 0.29) is 43.7 Å². The summed E-state index contributed by atoms with van der Waals surface area (Å²) in [4.78, 5) is 66.5. The zero-order chi connectivity index (χ0) is 53.8. The van der Waals surface area contributed by atoms with Gasteiger partial charge in [0.25, 0.3) is 11.5 Å². The first-order valence-electron chi connectivity index (χ1n) is 26.3. The van der Waals surface area contributed by atoms with Gasteiger partial charge in [0.2, 0.25) is 11.8 Å². The number of carbonyl (C=O) groups excluding carboxylic acids is 3. The van der Waals surface area contributed by atoms with E-state index in [1.54, 1.807) is 16.2 Å². The molecule has 3 amide bonds. The van der Waals surface area contributed by atoms with Crippen molar-refractivity contribution in [3.63, 3.8) is 0 Å². The largest absolute Gasteiger partial charge is 0.391 e. The number of likely N-dealkylation sites (tertiary alicyclic amines) is 1.